The van der Waals surface area contributed by atoms with E-state index in [1.165, 1.54) is 261 Å². The molecule has 0 aliphatic carbocycles. The average molecular weight is 1970 g/mol. The molecule has 4 saturated heterocycles. The van der Waals surface area contributed by atoms with Crippen LogP contribution in [0.1, 0.15) is 124 Å². The molecule has 33 nitrogen and oxygen atoms in total. The van der Waals surface area contributed by atoms with Gasteiger partial charge >= 0.3 is 71.6 Å². The highest BCUT2D eigenvalue weighted by Gasteiger charge is 2.63. The molecular formula is C112H96O33. The summed E-state index contributed by atoms with van der Waals surface area (Å²) in [6.45, 7) is -0.365. The van der Waals surface area contributed by atoms with E-state index in [1.807, 2.05) is 0 Å². The van der Waals surface area contributed by atoms with Gasteiger partial charge in [-0.25, -0.2) is 57.5 Å². The van der Waals surface area contributed by atoms with Crippen molar-refractivity contribution in [3.05, 3.63) is 443 Å². The molecule has 4 aliphatic heterocycles. The van der Waals surface area contributed by atoms with Gasteiger partial charge < -0.3 is 99.5 Å². The third-order valence-electron chi connectivity index (χ3n) is 23.5. The van der Waals surface area contributed by atoms with Crippen molar-refractivity contribution in [3.63, 3.8) is 0 Å². The Balaban J connectivity index is 0.932. The SMILES string of the molecule is C=CCO[C@@H]1[C@H](OC(=O)c2ccccc2)[C@@H](O[C@@H]2[C@H](OC(=O)c3ccccc3)[C@@H](O[C@@H]3[C@H](OC(=O)c4ccccc4)[C@@H](O[C@@H]4[C@H](OC(=O)c5ccccc5)[C@@H](OC)O[C@H](COC(=O)c5ccccc5)[C@H]4OC(=O)c4ccccc4)O[C@H](COC(=O)c4ccccc4)[C@H]3OC(=O)c3ccccc3)O[C@H](COC(=O)c3ccccc3)[C@H]2OC(=O)c2ccccc2)O[C@H](COC(=O)c2ccccc2)[C@H]1OC(=O)c1ccccc1. The summed E-state index contributed by atoms with van der Waals surface area (Å²) in [5.41, 5.74) is -1.08. The Labute approximate surface area is 830 Å². The van der Waals surface area contributed by atoms with Crippen LogP contribution < -0.4 is 0 Å². The Kier molecular flexibility index (Phi) is 34.9. The number of methoxy groups -OCH3 is 1. The summed E-state index contributed by atoms with van der Waals surface area (Å²) in [7, 11) is 1.16. The second-order valence-corrected chi connectivity index (χ2v) is 33.0. The Morgan fingerprint density at radius 1 is 0.207 bits per heavy atom. The van der Waals surface area contributed by atoms with Crippen molar-refractivity contribution in [2.45, 2.75) is 123 Å². The number of carbonyl (C=O) groups excluding carboxylic acids is 12. The zero-order chi connectivity index (χ0) is 101. The Morgan fingerprint density at radius 3 is 0.538 bits per heavy atom. The molecule has 12 aromatic rings. The Hall–Kier alpha value is -16.3. The van der Waals surface area contributed by atoms with E-state index >= 15 is 33.6 Å². The molecule has 0 aromatic heterocycles. The molecule has 0 spiro atoms. The van der Waals surface area contributed by atoms with Gasteiger partial charge in [0.25, 0.3) is 0 Å². The molecule has 0 unspecified atom stereocenters. The standard InChI is InChI=1S/C112H96O33/c1-3-64-126-89-85(135-101(117)73-48-24-8-25-49-73)81(65-127-97(113)69-40-16-4-17-41-69)132-110(93(89)139-105(121)77-56-32-12-33-57-77)144-91-87(137-103(119)75-52-28-10-29-53-75)83(67-129-99(115)71-44-20-6-21-45-71)134-112(95(91)141-107(123)79-60-36-14-37-61-79)145-92-88(138-104(120)76-54-30-11-31-55-76)84(68-130-100(116)72-46-22-7-23-47-72)133-111(96(92)142-108(124)80-62-38-15-39-63-80)143-90-86(136-102(118)74-50-26-9-27-51-74)82(66-128-98(114)70-42-18-5-19-43-70)131-109(125-2)94(90)140-106(122)78-58-34-13-35-59-78/h3-63,81-96,109-112H,1,64-68H2,2H3/t81-,82-,83-,84-,85-,86-,87-,88-,89+,90+,91+,92+,93+,94+,95+,96+,109+,110-,111-,112-/m1/s1. The minimum absolute atomic E-state index is 0.0197. The van der Waals surface area contributed by atoms with Crippen molar-refractivity contribution in [3.8, 4) is 0 Å². The summed E-state index contributed by atoms with van der Waals surface area (Å²) < 4.78 is 142. The van der Waals surface area contributed by atoms with E-state index in [2.05, 4.69) is 6.58 Å². The molecule has 4 fully saturated rings. The molecule has 33 heteroatoms. The van der Waals surface area contributed by atoms with E-state index in [9.17, 15) is 24.0 Å². The molecule has 16 rings (SSSR count). The highest BCUT2D eigenvalue weighted by atomic mass is 16.8. The van der Waals surface area contributed by atoms with Gasteiger partial charge in [0.1, 0.15) is 75.3 Å². The maximum absolute atomic E-state index is 16.1. The van der Waals surface area contributed by atoms with Crippen LogP contribution in [0.25, 0.3) is 0 Å². The van der Waals surface area contributed by atoms with Gasteiger partial charge in [-0.2, -0.15) is 0 Å². The van der Waals surface area contributed by atoms with Crippen LogP contribution in [-0.2, 0) is 99.5 Å². The minimum atomic E-state index is -2.59. The quantitative estimate of drug-likeness (QED) is 0.0197. The van der Waals surface area contributed by atoms with Crippen molar-refractivity contribution in [1.29, 1.82) is 0 Å². The van der Waals surface area contributed by atoms with Crippen LogP contribution >= 0.6 is 0 Å². The van der Waals surface area contributed by atoms with E-state index in [-0.39, 0.29) is 66.8 Å². The van der Waals surface area contributed by atoms with E-state index < -0.39 is 227 Å². The summed E-state index contributed by atoms with van der Waals surface area (Å²) in [5, 5.41) is 0. The first-order valence-corrected chi connectivity index (χ1v) is 46.1. The first-order valence-electron chi connectivity index (χ1n) is 46.1. The summed E-state index contributed by atoms with van der Waals surface area (Å²) >= 11 is 0. The summed E-state index contributed by atoms with van der Waals surface area (Å²) in [6, 6.07) is 89.8. The molecular weight excluding hydrogens is 1870 g/mol. The first kappa shape index (κ1) is 102. The van der Waals surface area contributed by atoms with Crippen molar-refractivity contribution >= 4 is 71.6 Å². The molecule has 0 bridgehead atoms. The lowest BCUT2D eigenvalue weighted by Gasteiger charge is -2.51. The zero-order valence-corrected chi connectivity index (χ0v) is 77.5. The van der Waals surface area contributed by atoms with Gasteiger partial charge in [-0.1, -0.05) is 224 Å². The van der Waals surface area contributed by atoms with Crippen molar-refractivity contribution in [2.24, 2.45) is 0 Å². The lowest BCUT2D eigenvalue weighted by atomic mass is 9.94. The topological polar surface area (TPSA) is 399 Å². The molecule has 4 aliphatic rings. The van der Waals surface area contributed by atoms with Gasteiger partial charge in [-0.05, 0) is 146 Å². The van der Waals surface area contributed by atoms with Crippen LogP contribution in [0.15, 0.2) is 377 Å². The van der Waals surface area contributed by atoms with Gasteiger partial charge in [0.15, 0.2) is 74.0 Å². The minimum Gasteiger partial charge on any atom is -0.459 e. The number of ether oxygens (including phenoxy) is 21. The fraction of sp³-hybridized carbons (Fsp3) is 0.232. The first-order chi connectivity index (χ1) is 70.8. The summed E-state index contributed by atoms with van der Waals surface area (Å²) in [4.78, 5) is 183. The Bertz CT molecular complexity index is 6350. The summed E-state index contributed by atoms with van der Waals surface area (Å²) in [5.74, 6) is -13.2. The Morgan fingerprint density at radius 2 is 0.359 bits per heavy atom. The van der Waals surface area contributed by atoms with Gasteiger partial charge in [-0.3, -0.25) is 0 Å². The normalized spacial score (nSPS) is 23.6. The van der Waals surface area contributed by atoms with Crippen LogP contribution in [-0.4, -0.2) is 235 Å². The van der Waals surface area contributed by atoms with E-state index in [0.717, 1.165) is 7.11 Å². The smallest absolute Gasteiger partial charge is 0.338 e. The van der Waals surface area contributed by atoms with Crippen LogP contribution in [0.4, 0.5) is 0 Å². The van der Waals surface area contributed by atoms with Crippen LogP contribution in [0.5, 0.6) is 0 Å². The number of hydrogen-bond donors (Lipinski definition) is 0. The number of esters is 12. The van der Waals surface area contributed by atoms with Gasteiger partial charge in [0.2, 0.25) is 0 Å². The van der Waals surface area contributed by atoms with Crippen LogP contribution in [0.3, 0.4) is 0 Å². The second-order valence-electron chi connectivity index (χ2n) is 33.0. The summed E-state index contributed by atoms with van der Waals surface area (Å²) in [6.07, 6.45) is -42.3. The molecule has 20 atom stereocenters. The predicted molar refractivity (Wildman–Crippen MR) is 508 cm³/mol. The number of hydrogen-bond acceptors (Lipinski definition) is 33. The lowest BCUT2D eigenvalue weighted by Crippen LogP contribution is -2.70. The largest absolute Gasteiger partial charge is 0.459 e. The molecule has 0 amide bonds. The maximum atomic E-state index is 16.1. The second kappa shape index (κ2) is 49.9. The van der Waals surface area contributed by atoms with Crippen molar-refractivity contribution in [1.82, 2.24) is 0 Å². The molecule has 0 saturated carbocycles. The van der Waals surface area contributed by atoms with Crippen LogP contribution in [0, 0.1) is 0 Å². The fourth-order valence-corrected chi connectivity index (χ4v) is 16.3. The predicted octanol–water partition coefficient (Wildman–Crippen LogP) is 14.5. The fourth-order valence-electron chi connectivity index (χ4n) is 16.3. The van der Waals surface area contributed by atoms with E-state index in [1.54, 1.807) is 109 Å². The van der Waals surface area contributed by atoms with Gasteiger partial charge in [0.05, 0.1) is 73.4 Å². The number of carbonyl (C=O) groups is 12. The third kappa shape index (κ3) is 26.1. The van der Waals surface area contributed by atoms with Gasteiger partial charge in [-0.15, -0.1) is 6.58 Å². The van der Waals surface area contributed by atoms with Crippen molar-refractivity contribution < 1.29 is 157 Å². The molecule has 145 heavy (non-hydrogen) atoms. The monoisotopic (exact) mass is 1970 g/mol. The third-order valence-corrected chi connectivity index (χ3v) is 23.5. The molecule has 0 N–H and O–H groups in total. The van der Waals surface area contributed by atoms with Crippen LogP contribution in [0.2, 0.25) is 0 Å². The molecule has 742 valence electrons. The molecule has 12 aromatic carbocycles. The average Bonchev–Trinajstić information content (AvgIpc) is 0.746. The van der Waals surface area contributed by atoms with Gasteiger partial charge in [0, 0.05) is 7.11 Å². The lowest BCUT2D eigenvalue weighted by molar-refractivity contribution is -0.387. The number of rotatable bonds is 38. The number of benzene rings is 12. The van der Waals surface area contributed by atoms with E-state index in [4.69, 9.17) is 99.5 Å². The van der Waals surface area contributed by atoms with E-state index in [0.29, 0.717) is 0 Å². The molecule has 4 heterocycles. The zero-order valence-electron chi connectivity index (χ0n) is 77.5. The highest BCUT2D eigenvalue weighted by molar-refractivity contribution is 5.95. The van der Waals surface area contributed by atoms with Crippen molar-refractivity contribution in [2.75, 3.05) is 40.1 Å². The maximum Gasteiger partial charge on any atom is 0.338 e. The molecule has 0 radical (unpaired) electrons. The highest BCUT2D eigenvalue weighted by Crippen LogP contribution is 2.43.